The van der Waals surface area contributed by atoms with Gasteiger partial charge in [0, 0.05) is 18.5 Å². The van der Waals surface area contributed by atoms with Crippen molar-refractivity contribution in [2.45, 2.75) is 19.8 Å². The molecule has 1 atom stereocenters. The number of phenols is 1. The molecular formula is C21H23N3O2. The summed E-state index contributed by atoms with van der Waals surface area (Å²) in [5.41, 5.74) is 1.47. The SMILES string of the molecule is COc1cccc(-c2nc(N3CCC[C@H](C)C3)c3ccccc3n2)c1O. The number of fused-ring (bicyclic) bond motifs is 1. The molecule has 1 fully saturated rings. The highest BCUT2D eigenvalue weighted by molar-refractivity contribution is 5.91. The minimum atomic E-state index is 0.0724. The van der Waals surface area contributed by atoms with Crippen LogP contribution >= 0.6 is 0 Å². The number of aromatic hydroxyl groups is 1. The van der Waals surface area contributed by atoms with Gasteiger partial charge in [0.15, 0.2) is 17.3 Å². The first-order valence-electron chi connectivity index (χ1n) is 9.05. The summed E-state index contributed by atoms with van der Waals surface area (Å²) in [6.07, 6.45) is 2.42. The first-order valence-corrected chi connectivity index (χ1v) is 9.05. The zero-order valence-electron chi connectivity index (χ0n) is 15.1. The van der Waals surface area contributed by atoms with Crippen LogP contribution in [0.3, 0.4) is 0 Å². The first kappa shape index (κ1) is 16.6. The van der Waals surface area contributed by atoms with Crippen molar-refractivity contribution < 1.29 is 9.84 Å². The van der Waals surface area contributed by atoms with Gasteiger partial charge in [0.25, 0.3) is 0 Å². The molecule has 1 saturated heterocycles. The number of para-hydroxylation sites is 2. The molecular weight excluding hydrogens is 326 g/mol. The van der Waals surface area contributed by atoms with Crippen molar-refractivity contribution >= 4 is 16.7 Å². The number of anilines is 1. The molecule has 5 heteroatoms. The molecule has 3 aromatic rings. The molecule has 4 rings (SSSR count). The summed E-state index contributed by atoms with van der Waals surface area (Å²) >= 11 is 0. The molecule has 0 aliphatic carbocycles. The first-order chi connectivity index (χ1) is 12.7. The van der Waals surface area contributed by atoms with Crippen LogP contribution in [0.15, 0.2) is 42.5 Å². The van der Waals surface area contributed by atoms with Gasteiger partial charge in [-0.25, -0.2) is 9.97 Å². The molecule has 5 nitrogen and oxygen atoms in total. The third-order valence-corrected chi connectivity index (χ3v) is 5.00. The Morgan fingerprint density at radius 2 is 1.96 bits per heavy atom. The van der Waals surface area contributed by atoms with Crippen molar-refractivity contribution in [1.29, 1.82) is 0 Å². The smallest absolute Gasteiger partial charge is 0.168 e. The Balaban J connectivity index is 1.89. The average molecular weight is 349 g/mol. The number of rotatable bonds is 3. The Bertz CT molecular complexity index is 942. The quantitative estimate of drug-likeness (QED) is 0.766. The second kappa shape index (κ2) is 6.83. The number of methoxy groups -OCH3 is 1. The third kappa shape index (κ3) is 2.94. The molecule has 1 aliphatic heterocycles. The minimum Gasteiger partial charge on any atom is -0.504 e. The van der Waals surface area contributed by atoms with E-state index in [2.05, 4.69) is 17.9 Å². The van der Waals surface area contributed by atoms with Crippen LogP contribution in [-0.2, 0) is 0 Å². The molecule has 26 heavy (non-hydrogen) atoms. The van der Waals surface area contributed by atoms with E-state index in [0.717, 1.165) is 29.8 Å². The van der Waals surface area contributed by atoms with Crippen molar-refractivity contribution in [3.63, 3.8) is 0 Å². The fourth-order valence-electron chi connectivity index (χ4n) is 3.67. The van der Waals surface area contributed by atoms with Crippen molar-refractivity contribution in [2.75, 3.05) is 25.1 Å². The van der Waals surface area contributed by atoms with E-state index in [0.29, 0.717) is 23.1 Å². The lowest BCUT2D eigenvalue weighted by atomic mass is 10.00. The van der Waals surface area contributed by atoms with Crippen LogP contribution in [0.2, 0.25) is 0 Å². The Hall–Kier alpha value is -2.82. The Morgan fingerprint density at radius 3 is 2.77 bits per heavy atom. The van der Waals surface area contributed by atoms with E-state index in [1.165, 1.54) is 12.8 Å². The predicted molar refractivity (Wildman–Crippen MR) is 104 cm³/mol. The van der Waals surface area contributed by atoms with E-state index in [4.69, 9.17) is 14.7 Å². The molecule has 134 valence electrons. The molecule has 1 aliphatic rings. The molecule has 0 saturated carbocycles. The van der Waals surface area contributed by atoms with Crippen molar-refractivity contribution in [2.24, 2.45) is 5.92 Å². The summed E-state index contributed by atoms with van der Waals surface area (Å²) in [6, 6.07) is 13.5. The lowest BCUT2D eigenvalue weighted by Gasteiger charge is -2.32. The molecule has 1 aromatic heterocycles. The van der Waals surface area contributed by atoms with Crippen LogP contribution in [0.5, 0.6) is 11.5 Å². The lowest BCUT2D eigenvalue weighted by molar-refractivity contribution is 0.374. The van der Waals surface area contributed by atoms with Crippen molar-refractivity contribution in [3.8, 4) is 22.9 Å². The highest BCUT2D eigenvalue weighted by Crippen LogP contribution is 2.37. The maximum Gasteiger partial charge on any atom is 0.168 e. The van der Waals surface area contributed by atoms with Crippen LogP contribution in [0.25, 0.3) is 22.3 Å². The van der Waals surface area contributed by atoms with E-state index >= 15 is 0 Å². The largest absolute Gasteiger partial charge is 0.504 e. The number of phenolic OH excluding ortho intramolecular Hbond substituents is 1. The molecule has 0 bridgehead atoms. The van der Waals surface area contributed by atoms with Gasteiger partial charge < -0.3 is 14.7 Å². The monoisotopic (exact) mass is 349 g/mol. The summed E-state index contributed by atoms with van der Waals surface area (Å²) in [5.74, 6) is 2.61. The zero-order chi connectivity index (χ0) is 18.1. The number of piperidine rings is 1. The number of nitrogens with zero attached hydrogens (tertiary/aromatic N) is 3. The topological polar surface area (TPSA) is 58.5 Å². The normalized spacial score (nSPS) is 17.5. The maximum atomic E-state index is 10.5. The van der Waals surface area contributed by atoms with Gasteiger partial charge in [0.2, 0.25) is 0 Å². The maximum absolute atomic E-state index is 10.5. The van der Waals surface area contributed by atoms with Gasteiger partial charge in [-0.05, 0) is 43.0 Å². The second-order valence-electron chi connectivity index (χ2n) is 6.94. The van der Waals surface area contributed by atoms with E-state index in [9.17, 15) is 5.11 Å². The minimum absolute atomic E-state index is 0.0724. The molecule has 2 heterocycles. The van der Waals surface area contributed by atoms with Crippen molar-refractivity contribution in [1.82, 2.24) is 9.97 Å². The van der Waals surface area contributed by atoms with Gasteiger partial charge in [-0.3, -0.25) is 0 Å². The lowest BCUT2D eigenvalue weighted by Crippen LogP contribution is -2.35. The van der Waals surface area contributed by atoms with Gasteiger partial charge in [-0.1, -0.05) is 25.1 Å². The molecule has 2 aromatic carbocycles. The summed E-state index contributed by atoms with van der Waals surface area (Å²) in [5, 5.41) is 11.6. The van der Waals surface area contributed by atoms with Crippen LogP contribution < -0.4 is 9.64 Å². The predicted octanol–water partition coefficient (Wildman–Crippen LogP) is 4.25. The Morgan fingerprint density at radius 1 is 1.12 bits per heavy atom. The summed E-state index contributed by atoms with van der Waals surface area (Å²) in [4.78, 5) is 11.9. The fourth-order valence-corrected chi connectivity index (χ4v) is 3.67. The van der Waals surface area contributed by atoms with Crippen molar-refractivity contribution in [3.05, 3.63) is 42.5 Å². The number of ether oxygens (including phenoxy) is 1. The number of benzene rings is 2. The second-order valence-corrected chi connectivity index (χ2v) is 6.94. The summed E-state index contributed by atoms with van der Waals surface area (Å²) in [7, 11) is 1.54. The molecule has 0 radical (unpaired) electrons. The highest BCUT2D eigenvalue weighted by atomic mass is 16.5. The van der Waals surface area contributed by atoms with E-state index < -0.39 is 0 Å². The van der Waals surface area contributed by atoms with Gasteiger partial charge in [0.05, 0.1) is 18.2 Å². The average Bonchev–Trinajstić information content (AvgIpc) is 2.67. The van der Waals surface area contributed by atoms with Crippen LogP contribution in [0.1, 0.15) is 19.8 Å². The Kier molecular flexibility index (Phi) is 4.37. The van der Waals surface area contributed by atoms with Crippen LogP contribution in [-0.4, -0.2) is 35.3 Å². The van der Waals surface area contributed by atoms with E-state index in [1.54, 1.807) is 13.2 Å². The van der Waals surface area contributed by atoms with Crippen LogP contribution in [0.4, 0.5) is 5.82 Å². The number of aromatic nitrogens is 2. The van der Waals surface area contributed by atoms with E-state index in [-0.39, 0.29) is 5.75 Å². The molecule has 0 amide bonds. The summed E-state index contributed by atoms with van der Waals surface area (Å²) < 4.78 is 5.24. The van der Waals surface area contributed by atoms with Gasteiger partial charge >= 0.3 is 0 Å². The molecule has 0 unspecified atom stereocenters. The number of hydrogen-bond donors (Lipinski definition) is 1. The Labute approximate surface area is 153 Å². The third-order valence-electron chi connectivity index (χ3n) is 5.00. The highest BCUT2D eigenvalue weighted by Gasteiger charge is 2.22. The fraction of sp³-hybridized carbons (Fsp3) is 0.333. The standard InChI is InChI=1S/C21H23N3O2/c1-14-7-6-12-24(13-14)21-15-8-3-4-10-17(15)22-20(23-21)16-9-5-11-18(26-2)19(16)25/h3-5,8-11,14,25H,6-7,12-13H2,1-2H3/t14-/m0/s1. The van der Waals surface area contributed by atoms with Gasteiger partial charge in [-0.2, -0.15) is 0 Å². The van der Waals surface area contributed by atoms with Gasteiger partial charge in [0.1, 0.15) is 5.82 Å². The number of hydrogen-bond acceptors (Lipinski definition) is 5. The molecule has 0 spiro atoms. The zero-order valence-corrected chi connectivity index (χ0v) is 15.1. The van der Waals surface area contributed by atoms with Crippen LogP contribution in [0, 0.1) is 5.92 Å². The van der Waals surface area contributed by atoms with E-state index in [1.807, 2.05) is 30.3 Å². The van der Waals surface area contributed by atoms with Gasteiger partial charge in [-0.15, -0.1) is 0 Å². The summed E-state index contributed by atoms with van der Waals surface area (Å²) in [6.45, 7) is 4.27. The molecule has 1 N–H and O–H groups in total.